The van der Waals surface area contributed by atoms with Crippen LogP contribution in [0.5, 0.6) is 5.75 Å². The zero-order valence-corrected chi connectivity index (χ0v) is 14.9. The summed E-state index contributed by atoms with van der Waals surface area (Å²) in [6.45, 7) is 3.47. The normalized spacial score (nSPS) is 16.8. The van der Waals surface area contributed by atoms with Crippen molar-refractivity contribution in [1.82, 2.24) is 0 Å². The van der Waals surface area contributed by atoms with Crippen LogP contribution in [0.3, 0.4) is 0 Å². The fourth-order valence-electron chi connectivity index (χ4n) is 3.17. The minimum absolute atomic E-state index is 0.0144. The molecule has 1 aliphatic rings. The Hall–Kier alpha value is -2.89. The number of hydrogen-bond donors (Lipinski definition) is 0. The lowest BCUT2D eigenvalue weighted by molar-refractivity contribution is -0.126. The first-order chi connectivity index (χ1) is 12.4. The summed E-state index contributed by atoms with van der Waals surface area (Å²) in [6, 6.07) is 11.4. The molecule has 3 rings (SSSR count). The second-order valence-electron chi connectivity index (χ2n) is 6.29. The maximum Gasteiger partial charge on any atom is 0.339 e. The van der Waals surface area contributed by atoms with E-state index in [9.17, 15) is 14.0 Å². The predicted octanol–water partition coefficient (Wildman–Crippen LogP) is 3.36. The molecule has 2 atom stereocenters. The summed E-state index contributed by atoms with van der Waals surface area (Å²) >= 11 is 0. The summed E-state index contributed by atoms with van der Waals surface area (Å²) in [7, 11) is 1.34. The summed E-state index contributed by atoms with van der Waals surface area (Å²) in [5.74, 6) is -1.69. The molecule has 136 valence electrons. The average molecular weight is 357 g/mol. The number of methoxy groups -OCH3 is 1. The van der Waals surface area contributed by atoms with E-state index < -0.39 is 17.9 Å². The Morgan fingerprint density at radius 3 is 2.65 bits per heavy atom. The number of amides is 1. The largest absolute Gasteiger partial charge is 0.494 e. The molecule has 0 saturated carbocycles. The number of para-hydroxylation sites is 1. The number of halogens is 1. The van der Waals surface area contributed by atoms with Gasteiger partial charge in [-0.15, -0.1) is 0 Å². The van der Waals surface area contributed by atoms with Crippen molar-refractivity contribution in [2.45, 2.75) is 32.4 Å². The minimum Gasteiger partial charge on any atom is -0.494 e. The van der Waals surface area contributed by atoms with Crippen molar-refractivity contribution < 1.29 is 23.5 Å². The van der Waals surface area contributed by atoms with Crippen molar-refractivity contribution >= 4 is 17.6 Å². The van der Waals surface area contributed by atoms with Crippen LogP contribution in [-0.4, -0.2) is 31.1 Å². The van der Waals surface area contributed by atoms with Crippen LogP contribution in [-0.2, 0) is 16.0 Å². The molecule has 0 fully saturated rings. The van der Waals surface area contributed by atoms with Gasteiger partial charge in [-0.2, -0.15) is 0 Å². The molecule has 2 aromatic carbocycles. The number of esters is 1. The number of carbonyl (C=O) groups excluding carboxylic acids is 2. The molecule has 0 aromatic heterocycles. The van der Waals surface area contributed by atoms with E-state index in [1.54, 1.807) is 4.90 Å². The van der Waals surface area contributed by atoms with Crippen LogP contribution in [0.25, 0.3) is 0 Å². The number of anilines is 1. The van der Waals surface area contributed by atoms with E-state index in [2.05, 4.69) is 0 Å². The molecule has 0 radical (unpaired) electrons. The molecule has 26 heavy (non-hydrogen) atoms. The summed E-state index contributed by atoms with van der Waals surface area (Å²) in [5, 5.41) is 0. The van der Waals surface area contributed by atoms with Gasteiger partial charge < -0.3 is 14.4 Å². The molecule has 0 bridgehead atoms. The first kappa shape index (κ1) is 17.9. The van der Waals surface area contributed by atoms with Gasteiger partial charge in [0.2, 0.25) is 0 Å². The number of carbonyl (C=O) groups is 2. The van der Waals surface area contributed by atoms with Crippen molar-refractivity contribution in [2.24, 2.45) is 0 Å². The molecule has 2 aromatic rings. The van der Waals surface area contributed by atoms with Crippen molar-refractivity contribution in [2.75, 3.05) is 12.0 Å². The van der Waals surface area contributed by atoms with Crippen LogP contribution < -0.4 is 9.64 Å². The highest BCUT2D eigenvalue weighted by Crippen LogP contribution is 2.32. The molecule has 0 saturated heterocycles. The van der Waals surface area contributed by atoms with Crippen LogP contribution in [0.1, 0.15) is 29.8 Å². The third-order valence-electron chi connectivity index (χ3n) is 4.46. The fourth-order valence-corrected chi connectivity index (χ4v) is 3.17. The average Bonchev–Trinajstić information content (AvgIpc) is 2.96. The lowest BCUT2D eigenvalue weighted by Crippen LogP contribution is -2.43. The number of nitrogens with zero attached hydrogens (tertiary/aromatic N) is 1. The monoisotopic (exact) mass is 357 g/mol. The van der Waals surface area contributed by atoms with Crippen LogP contribution in [0.15, 0.2) is 42.5 Å². The minimum atomic E-state index is -0.985. The second-order valence-corrected chi connectivity index (χ2v) is 6.29. The Labute approximate surface area is 151 Å². The molecule has 6 heteroatoms. The zero-order valence-electron chi connectivity index (χ0n) is 14.9. The van der Waals surface area contributed by atoms with E-state index in [1.807, 2.05) is 31.2 Å². The first-order valence-electron chi connectivity index (χ1n) is 8.38. The lowest BCUT2D eigenvalue weighted by atomic mass is 10.1. The van der Waals surface area contributed by atoms with Gasteiger partial charge in [0.05, 0.1) is 12.7 Å². The van der Waals surface area contributed by atoms with Gasteiger partial charge >= 0.3 is 5.97 Å². The summed E-state index contributed by atoms with van der Waals surface area (Å²) < 4.78 is 23.8. The molecule has 1 heterocycles. The van der Waals surface area contributed by atoms with Crippen LogP contribution in [0.4, 0.5) is 10.1 Å². The summed E-state index contributed by atoms with van der Waals surface area (Å²) in [4.78, 5) is 26.7. The molecule has 0 spiro atoms. The molecular formula is C20H20FNO4. The van der Waals surface area contributed by atoms with Crippen LogP contribution in [0, 0.1) is 5.82 Å². The van der Waals surface area contributed by atoms with E-state index in [-0.39, 0.29) is 23.3 Å². The number of hydrogen-bond acceptors (Lipinski definition) is 4. The highest BCUT2D eigenvalue weighted by molar-refractivity contribution is 6.00. The highest BCUT2D eigenvalue weighted by atomic mass is 19.1. The first-order valence-corrected chi connectivity index (χ1v) is 8.38. The van der Waals surface area contributed by atoms with Crippen molar-refractivity contribution in [3.05, 3.63) is 59.4 Å². The number of ether oxygens (including phenoxy) is 2. The molecule has 5 nitrogen and oxygen atoms in total. The quantitative estimate of drug-likeness (QED) is 0.788. The molecule has 0 unspecified atom stereocenters. The van der Waals surface area contributed by atoms with E-state index in [0.29, 0.717) is 0 Å². The predicted molar refractivity (Wildman–Crippen MR) is 94.9 cm³/mol. The lowest BCUT2D eigenvalue weighted by Gasteiger charge is -2.26. The van der Waals surface area contributed by atoms with Crippen molar-refractivity contribution in [3.63, 3.8) is 0 Å². The maximum atomic E-state index is 13.8. The Kier molecular flexibility index (Phi) is 4.93. The smallest absolute Gasteiger partial charge is 0.339 e. The van der Waals surface area contributed by atoms with Gasteiger partial charge in [-0.05, 0) is 50.1 Å². The van der Waals surface area contributed by atoms with E-state index in [0.717, 1.165) is 23.7 Å². The van der Waals surface area contributed by atoms with Gasteiger partial charge in [0.25, 0.3) is 5.91 Å². The molecular weight excluding hydrogens is 337 g/mol. The Bertz CT molecular complexity index is 851. The Morgan fingerprint density at radius 1 is 1.23 bits per heavy atom. The van der Waals surface area contributed by atoms with Gasteiger partial charge in [0.1, 0.15) is 0 Å². The van der Waals surface area contributed by atoms with Crippen molar-refractivity contribution in [3.8, 4) is 5.75 Å². The van der Waals surface area contributed by atoms with Crippen LogP contribution in [0.2, 0.25) is 0 Å². The summed E-state index contributed by atoms with van der Waals surface area (Å²) in [6.07, 6.45) is -0.229. The third-order valence-corrected chi connectivity index (χ3v) is 4.46. The molecule has 0 N–H and O–H groups in total. The van der Waals surface area contributed by atoms with Gasteiger partial charge in [0, 0.05) is 11.7 Å². The standard InChI is InChI=1S/C20H20FNO4/c1-12-10-14-6-4-5-7-17(14)22(12)19(23)13(2)26-20(24)15-8-9-18(25-3)16(21)11-15/h4-9,11-13H,10H2,1-3H3/t12-,13+/m1/s1. The fraction of sp³-hybridized carbons (Fsp3) is 0.300. The van der Waals surface area contributed by atoms with Crippen molar-refractivity contribution in [1.29, 1.82) is 0 Å². The topological polar surface area (TPSA) is 55.8 Å². The molecule has 1 amide bonds. The molecule has 0 aliphatic carbocycles. The number of benzene rings is 2. The third kappa shape index (κ3) is 3.27. The number of fused-ring (bicyclic) bond motifs is 1. The second kappa shape index (κ2) is 7.15. The van der Waals surface area contributed by atoms with Gasteiger partial charge in [-0.25, -0.2) is 9.18 Å². The Morgan fingerprint density at radius 2 is 1.96 bits per heavy atom. The van der Waals surface area contributed by atoms with Gasteiger partial charge in [-0.3, -0.25) is 4.79 Å². The highest BCUT2D eigenvalue weighted by Gasteiger charge is 2.34. The van der Waals surface area contributed by atoms with E-state index in [4.69, 9.17) is 9.47 Å². The van der Waals surface area contributed by atoms with E-state index >= 15 is 0 Å². The number of rotatable bonds is 4. The Balaban J connectivity index is 1.73. The van der Waals surface area contributed by atoms with Gasteiger partial charge in [-0.1, -0.05) is 18.2 Å². The SMILES string of the molecule is COc1ccc(C(=O)O[C@@H](C)C(=O)N2c3ccccc3C[C@H]2C)cc1F. The van der Waals surface area contributed by atoms with E-state index in [1.165, 1.54) is 26.2 Å². The summed E-state index contributed by atoms with van der Waals surface area (Å²) in [5.41, 5.74) is 1.95. The maximum absolute atomic E-state index is 13.8. The van der Waals surface area contributed by atoms with Crippen LogP contribution >= 0.6 is 0 Å². The van der Waals surface area contributed by atoms with Gasteiger partial charge in [0.15, 0.2) is 17.7 Å². The molecule has 1 aliphatic heterocycles. The zero-order chi connectivity index (χ0) is 18.8.